The molecule has 0 saturated heterocycles. The van der Waals surface area contributed by atoms with Crippen molar-refractivity contribution in [2.45, 2.75) is 32.4 Å². The number of amides is 1. The molecule has 118 valence electrons. The van der Waals surface area contributed by atoms with E-state index in [4.69, 9.17) is 0 Å². The van der Waals surface area contributed by atoms with E-state index in [1.165, 1.54) is 6.92 Å². The summed E-state index contributed by atoms with van der Waals surface area (Å²) >= 11 is 0. The highest BCUT2D eigenvalue weighted by molar-refractivity contribution is 6.08. The van der Waals surface area contributed by atoms with Gasteiger partial charge in [-0.3, -0.25) is 9.59 Å². The molecule has 0 unspecified atom stereocenters. The summed E-state index contributed by atoms with van der Waals surface area (Å²) in [5, 5.41) is 10.9. The molecule has 0 saturated carbocycles. The zero-order valence-corrected chi connectivity index (χ0v) is 13.2. The minimum Gasteiger partial charge on any atom is -0.375 e. The summed E-state index contributed by atoms with van der Waals surface area (Å²) in [6.07, 6.45) is -0.201. The quantitative estimate of drug-likeness (QED) is 0.944. The van der Waals surface area contributed by atoms with E-state index in [2.05, 4.69) is 0 Å². The van der Waals surface area contributed by atoms with Crippen LogP contribution < -0.4 is 4.90 Å². The molecule has 0 aliphatic carbocycles. The number of aliphatic hydroxyl groups is 1. The molecule has 4 heteroatoms. The van der Waals surface area contributed by atoms with Crippen LogP contribution in [0.2, 0.25) is 0 Å². The lowest BCUT2D eigenvalue weighted by molar-refractivity contribution is -0.141. The molecule has 2 aromatic rings. The molecule has 0 fully saturated rings. The highest BCUT2D eigenvalue weighted by Crippen LogP contribution is 2.43. The van der Waals surface area contributed by atoms with E-state index in [9.17, 15) is 14.7 Å². The molecular weight excluding hydrogens is 290 g/mol. The summed E-state index contributed by atoms with van der Waals surface area (Å²) in [5.41, 5.74) is 1.35. The van der Waals surface area contributed by atoms with Crippen LogP contribution in [0.25, 0.3) is 0 Å². The first-order valence-corrected chi connectivity index (χ1v) is 7.60. The van der Waals surface area contributed by atoms with Gasteiger partial charge in [0.1, 0.15) is 5.78 Å². The molecule has 0 bridgehead atoms. The second-order valence-corrected chi connectivity index (χ2v) is 6.14. The second kappa shape index (κ2) is 5.63. The minimum absolute atomic E-state index is 0.201. The summed E-state index contributed by atoms with van der Waals surface area (Å²) in [5.74, 6) is -0.646. The maximum Gasteiger partial charge on any atom is 0.264 e. The first kappa shape index (κ1) is 15.4. The maximum atomic E-state index is 12.9. The Balaban J connectivity index is 2.06. The normalized spacial score (nSPS) is 19.8. The Bertz CT molecular complexity index is 769. The number of hydrogen-bond acceptors (Lipinski definition) is 3. The number of aryl methyl sites for hydroxylation is 1. The molecular formula is C19H19NO3. The average Bonchev–Trinajstić information content (AvgIpc) is 2.70. The van der Waals surface area contributed by atoms with E-state index in [1.54, 1.807) is 11.0 Å². The van der Waals surface area contributed by atoms with Gasteiger partial charge in [0.25, 0.3) is 5.91 Å². The van der Waals surface area contributed by atoms with E-state index >= 15 is 0 Å². The van der Waals surface area contributed by atoms with Crippen LogP contribution in [-0.4, -0.2) is 16.8 Å². The molecule has 0 radical (unpaired) electrons. The topological polar surface area (TPSA) is 57.6 Å². The number of nitrogens with zero attached hydrogens (tertiary/aromatic N) is 1. The van der Waals surface area contributed by atoms with Crippen LogP contribution in [0.15, 0.2) is 48.5 Å². The second-order valence-electron chi connectivity index (χ2n) is 6.14. The molecule has 1 N–H and O–H groups in total. The zero-order chi connectivity index (χ0) is 16.6. The van der Waals surface area contributed by atoms with Crippen LogP contribution >= 0.6 is 0 Å². The lowest BCUT2D eigenvalue weighted by Gasteiger charge is -2.22. The van der Waals surface area contributed by atoms with Crippen molar-refractivity contribution >= 4 is 17.4 Å². The lowest BCUT2D eigenvalue weighted by atomic mass is 9.89. The van der Waals surface area contributed by atoms with E-state index in [1.807, 2.05) is 49.4 Å². The van der Waals surface area contributed by atoms with Crippen LogP contribution in [0.1, 0.15) is 30.0 Å². The fraction of sp³-hybridized carbons (Fsp3) is 0.263. The Morgan fingerprint density at radius 1 is 1.17 bits per heavy atom. The predicted octanol–water partition coefficient (Wildman–Crippen LogP) is 2.71. The van der Waals surface area contributed by atoms with Crippen LogP contribution in [-0.2, 0) is 21.7 Å². The molecule has 1 aliphatic rings. The fourth-order valence-corrected chi connectivity index (χ4v) is 3.12. The number of carbonyl (C=O) groups is 2. The van der Waals surface area contributed by atoms with Gasteiger partial charge in [-0.2, -0.15) is 0 Å². The highest BCUT2D eigenvalue weighted by atomic mass is 16.3. The van der Waals surface area contributed by atoms with Gasteiger partial charge >= 0.3 is 0 Å². The lowest BCUT2D eigenvalue weighted by Crippen LogP contribution is -2.41. The first-order valence-electron chi connectivity index (χ1n) is 7.60. The summed E-state index contributed by atoms with van der Waals surface area (Å²) in [7, 11) is 0. The number of hydrogen-bond donors (Lipinski definition) is 1. The van der Waals surface area contributed by atoms with Crippen molar-refractivity contribution in [3.8, 4) is 0 Å². The van der Waals surface area contributed by atoms with E-state index in [-0.39, 0.29) is 12.2 Å². The van der Waals surface area contributed by atoms with Crippen LogP contribution in [0.4, 0.5) is 5.69 Å². The summed E-state index contributed by atoms with van der Waals surface area (Å²) in [6, 6.07) is 15.1. The number of rotatable bonds is 4. The number of fused-ring (bicyclic) bond motifs is 1. The van der Waals surface area contributed by atoms with Gasteiger partial charge in [-0.25, -0.2) is 0 Å². The molecule has 1 heterocycles. The average molecular weight is 309 g/mol. The van der Waals surface area contributed by atoms with Crippen LogP contribution in [0.3, 0.4) is 0 Å². The molecule has 1 atom stereocenters. The Morgan fingerprint density at radius 2 is 1.87 bits per heavy atom. The number of carbonyl (C=O) groups excluding carboxylic acids is 2. The van der Waals surface area contributed by atoms with Gasteiger partial charge < -0.3 is 10.0 Å². The van der Waals surface area contributed by atoms with Gasteiger partial charge in [0.2, 0.25) is 0 Å². The summed E-state index contributed by atoms with van der Waals surface area (Å²) in [6.45, 7) is 3.66. The minimum atomic E-state index is -1.76. The molecule has 4 nitrogen and oxygen atoms in total. The van der Waals surface area contributed by atoms with E-state index < -0.39 is 11.5 Å². The van der Waals surface area contributed by atoms with Gasteiger partial charge in [-0.05, 0) is 25.5 Å². The van der Waals surface area contributed by atoms with Crippen molar-refractivity contribution in [2.75, 3.05) is 4.90 Å². The molecule has 3 rings (SSSR count). The third-order valence-corrected chi connectivity index (χ3v) is 4.18. The van der Waals surface area contributed by atoms with Crippen molar-refractivity contribution in [3.05, 3.63) is 65.2 Å². The third-order valence-electron chi connectivity index (χ3n) is 4.18. The number of anilines is 1. The van der Waals surface area contributed by atoms with Gasteiger partial charge in [0, 0.05) is 12.0 Å². The number of ketones is 1. The SMILES string of the molecule is CC(=O)C[C@]1(O)C(=O)N(Cc2ccccc2)c2ccc(C)cc21. The predicted molar refractivity (Wildman–Crippen MR) is 88.0 cm³/mol. The molecule has 0 spiro atoms. The van der Waals surface area contributed by atoms with Gasteiger partial charge in [-0.1, -0.05) is 48.0 Å². The first-order chi connectivity index (χ1) is 10.9. The van der Waals surface area contributed by atoms with E-state index in [0.29, 0.717) is 17.8 Å². The largest absolute Gasteiger partial charge is 0.375 e. The summed E-state index contributed by atoms with van der Waals surface area (Å²) in [4.78, 5) is 26.0. The Morgan fingerprint density at radius 3 is 2.52 bits per heavy atom. The Labute approximate surface area is 135 Å². The van der Waals surface area contributed by atoms with Crippen molar-refractivity contribution in [2.24, 2.45) is 0 Å². The van der Waals surface area contributed by atoms with Crippen molar-refractivity contribution < 1.29 is 14.7 Å². The van der Waals surface area contributed by atoms with Crippen LogP contribution in [0.5, 0.6) is 0 Å². The highest BCUT2D eigenvalue weighted by Gasteiger charge is 2.50. The molecule has 1 amide bonds. The Kier molecular flexibility index (Phi) is 3.78. The molecule has 23 heavy (non-hydrogen) atoms. The third kappa shape index (κ3) is 2.66. The van der Waals surface area contributed by atoms with Crippen molar-refractivity contribution in [1.82, 2.24) is 0 Å². The smallest absolute Gasteiger partial charge is 0.264 e. The van der Waals surface area contributed by atoms with Crippen molar-refractivity contribution in [3.63, 3.8) is 0 Å². The van der Waals surface area contributed by atoms with Crippen molar-refractivity contribution in [1.29, 1.82) is 0 Å². The fourth-order valence-electron chi connectivity index (χ4n) is 3.12. The summed E-state index contributed by atoms with van der Waals surface area (Å²) < 4.78 is 0. The van der Waals surface area contributed by atoms with Crippen LogP contribution in [0, 0.1) is 6.92 Å². The standard InChI is InChI=1S/C19H19NO3/c1-13-8-9-17-16(10-13)19(23,11-14(2)21)18(22)20(17)12-15-6-4-3-5-7-15/h3-10,23H,11-12H2,1-2H3/t19-/m1/s1. The molecule has 2 aromatic carbocycles. The maximum absolute atomic E-state index is 12.9. The molecule has 1 aliphatic heterocycles. The van der Waals surface area contributed by atoms with Gasteiger partial charge in [0.05, 0.1) is 12.2 Å². The Hall–Kier alpha value is -2.46. The van der Waals surface area contributed by atoms with E-state index in [0.717, 1.165) is 11.1 Å². The zero-order valence-electron chi connectivity index (χ0n) is 13.2. The number of Topliss-reactive ketones (excluding diaryl/α,β-unsaturated/α-hetero) is 1. The molecule has 0 aromatic heterocycles. The number of benzene rings is 2. The van der Waals surface area contributed by atoms with Gasteiger partial charge in [-0.15, -0.1) is 0 Å². The van der Waals surface area contributed by atoms with Gasteiger partial charge in [0.15, 0.2) is 5.60 Å². The monoisotopic (exact) mass is 309 g/mol.